The molecule has 0 unspecified atom stereocenters. The molecule has 2 rings (SSSR count). The molecule has 1 amide bonds. The molecule has 0 aliphatic rings. The Kier molecular flexibility index (Phi) is 3.57. The zero-order valence-corrected chi connectivity index (χ0v) is 9.59. The molecule has 1 aromatic carbocycles. The summed E-state index contributed by atoms with van der Waals surface area (Å²) in [6, 6.07) is 13.6. The lowest BCUT2D eigenvalue weighted by Crippen LogP contribution is -2.24. The van der Waals surface area contributed by atoms with Crippen molar-refractivity contribution in [2.24, 2.45) is 0 Å². The molecule has 0 fully saturated rings. The van der Waals surface area contributed by atoms with Gasteiger partial charge in [-0.25, -0.2) is 5.48 Å². The van der Waals surface area contributed by atoms with E-state index < -0.39 is 0 Å². The monoisotopic (exact) mass is 230 g/mol. The van der Waals surface area contributed by atoms with E-state index in [4.69, 9.17) is 0 Å². The fourth-order valence-electron chi connectivity index (χ4n) is 1.68. The van der Waals surface area contributed by atoms with Crippen LogP contribution in [0.15, 0.2) is 48.7 Å². The standard InChI is InChI=1S/C13H14N2O2/c1-17-14-13(16)12-8-5-9-15(12)10-11-6-3-2-4-7-11/h2-9H,10H2,1H3,(H,14,16). The first-order valence-corrected chi connectivity index (χ1v) is 5.33. The van der Waals surface area contributed by atoms with Crippen LogP contribution in [0.2, 0.25) is 0 Å². The van der Waals surface area contributed by atoms with Gasteiger partial charge in [-0.2, -0.15) is 0 Å². The van der Waals surface area contributed by atoms with E-state index in [9.17, 15) is 4.79 Å². The van der Waals surface area contributed by atoms with Gasteiger partial charge in [0.1, 0.15) is 5.69 Å². The lowest BCUT2D eigenvalue weighted by Gasteiger charge is -2.08. The third-order valence-corrected chi connectivity index (χ3v) is 2.45. The minimum absolute atomic E-state index is 0.242. The maximum atomic E-state index is 11.7. The van der Waals surface area contributed by atoms with Crippen LogP contribution in [0.4, 0.5) is 0 Å². The van der Waals surface area contributed by atoms with Gasteiger partial charge in [-0.3, -0.25) is 9.63 Å². The molecule has 1 heterocycles. The summed E-state index contributed by atoms with van der Waals surface area (Å²) in [5.41, 5.74) is 4.04. The van der Waals surface area contributed by atoms with Crippen LogP contribution in [0.1, 0.15) is 16.1 Å². The highest BCUT2D eigenvalue weighted by molar-refractivity contribution is 5.91. The summed E-state index contributed by atoms with van der Waals surface area (Å²) in [5, 5.41) is 0. The second kappa shape index (κ2) is 5.32. The van der Waals surface area contributed by atoms with Crippen molar-refractivity contribution in [3.05, 3.63) is 59.9 Å². The highest BCUT2D eigenvalue weighted by atomic mass is 16.6. The molecular weight excluding hydrogens is 216 g/mol. The lowest BCUT2D eigenvalue weighted by molar-refractivity contribution is 0.0528. The third-order valence-electron chi connectivity index (χ3n) is 2.45. The predicted octanol–water partition coefficient (Wildman–Crippen LogP) is 1.83. The van der Waals surface area contributed by atoms with Gasteiger partial charge in [-0.1, -0.05) is 30.3 Å². The molecule has 0 radical (unpaired) electrons. The topological polar surface area (TPSA) is 43.3 Å². The van der Waals surface area contributed by atoms with Gasteiger partial charge in [-0.15, -0.1) is 0 Å². The van der Waals surface area contributed by atoms with Crippen LogP contribution in [-0.2, 0) is 11.4 Å². The third kappa shape index (κ3) is 2.73. The molecule has 0 bridgehead atoms. The van der Waals surface area contributed by atoms with Gasteiger partial charge in [0.05, 0.1) is 7.11 Å². The number of nitrogens with zero attached hydrogens (tertiary/aromatic N) is 1. The summed E-state index contributed by atoms with van der Waals surface area (Å²) >= 11 is 0. The Labute approximate surface area is 99.8 Å². The summed E-state index contributed by atoms with van der Waals surface area (Å²) in [6.45, 7) is 0.667. The highest BCUT2D eigenvalue weighted by Crippen LogP contribution is 2.07. The molecule has 0 saturated heterocycles. The minimum Gasteiger partial charge on any atom is -0.339 e. The van der Waals surface area contributed by atoms with Gasteiger partial charge in [0.25, 0.3) is 5.91 Å². The summed E-state index contributed by atoms with van der Waals surface area (Å²) in [4.78, 5) is 16.3. The van der Waals surface area contributed by atoms with Crippen molar-refractivity contribution in [2.45, 2.75) is 6.54 Å². The zero-order valence-electron chi connectivity index (χ0n) is 9.59. The minimum atomic E-state index is -0.242. The number of benzene rings is 1. The van der Waals surface area contributed by atoms with Crippen molar-refractivity contribution in [3.8, 4) is 0 Å². The number of amides is 1. The molecule has 17 heavy (non-hydrogen) atoms. The Bertz CT molecular complexity index is 491. The van der Waals surface area contributed by atoms with E-state index in [2.05, 4.69) is 10.3 Å². The van der Waals surface area contributed by atoms with E-state index in [0.29, 0.717) is 12.2 Å². The number of nitrogens with one attached hydrogen (secondary N) is 1. The normalized spacial score (nSPS) is 10.2. The van der Waals surface area contributed by atoms with Gasteiger partial charge >= 0.3 is 0 Å². The Balaban J connectivity index is 2.17. The number of hydrogen-bond donors (Lipinski definition) is 1. The van der Waals surface area contributed by atoms with Gasteiger partial charge in [0.2, 0.25) is 0 Å². The predicted molar refractivity (Wildman–Crippen MR) is 64.5 cm³/mol. The van der Waals surface area contributed by atoms with E-state index in [1.165, 1.54) is 7.11 Å². The smallest absolute Gasteiger partial charge is 0.291 e. The maximum absolute atomic E-state index is 11.7. The molecule has 1 aromatic heterocycles. The molecule has 1 N–H and O–H groups in total. The van der Waals surface area contributed by atoms with Gasteiger partial charge in [0.15, 0.2) is 0 Å². The van der Waals surface area contributed by atoms with E-state index >= 15 is 0 Å². The van der Waals surface area contributed by atoms with E-state index in [1.807, 2.05) is 47.2 Å². The van der Waals surface area contributed by atoms with Crippen LogP contribution in [0, 0.1) is 0 Å². The molecular formula is C13H14N2O2. The SMILES string of the molecule is CONC(=O)c1cccn1Cc1ccccc1. The number of carbonyl (C=O) groups is 1. The van der Waals surface area contributed by atoms with Crippen molar-refractivity contribution < 1.29 is 9.63 Å². The fourth-order valence-corrected chi connectivity index (χ4v) is 1.68. The first kappa shape index (κ1) is 11.4. The average Bonchev–Trinajstić information content (AvgIpc) is 2.79. The lowest BCUT2D eigenvalue weighted by atomic mass is 10.2. The molecule has 4 heteroatoms. The van der Waals surface area contributed by atoms with Gasteiger partial charge < -0.3 is 4.57 Å². The molecule has 0 spiro atoms. The molecule has 2 aromatic rings. The second-order valence-electron chi connectivity index (χ2n) is 3.64. The van der Waals surface area contributed by atoms with Crippen molar-refractivity contribution in [1.29, 1.82) is 0 Å². The van der Waals surface area contributed by atoms with Crippen molar-refractivity contribution in [1.82, 2.24) is 10.0 Å². The first-order chi connectivity index (χ1) is 8.31. The number of hydroxylamine groups is 1. The molecule has 0 aliphatic carbocycles. The molecule has 0 saturated carbocycles. The summed E-state index contributed by atoms with van der Waals surface area (Å²) in [5.74, 6) is -0.242. The quantitative estimate of drug-likeness (QED) is 0.814. The molecule has 0 aliphatic heterocycles. The fraction of sp³-hybridized carbons (Fsp3) is 0.154. The number of aromatic nitrogens is 1. The number of carbonyl (C=O) groups excluding carboxylic acids is 1. The van der Waals surface area contributed by atoms with Crippen LogP contribution in [0.25, 0.3) is 0 Å². The van der Waals surface area contributed by atoms with E-state index in [-0.39, 0.29) is 5.91 Å². The Morgan fingerprint density at radius 1 is 1.24 bits per heavy atom. The number of rotatable bonds is 4. The average molecular weight is 230 g/mol. The summed E-state index contributed by atoms with van der Waals surface area (Å²) < 4.78 is 1.88. The van der Waals surface area contributed by atoms with Crippen molar-refractivity contribution >= 4 is 5.91 Å². The Morgan fingerprint density at radius 3 is 2.71 bits per heavy atom. The molecule has 4 nitrogen and oxygen atoms in total. The van der Waals surface area contributed by atoms with Gasteiger partial charge in [-0.05, 0) is 17.7 Å². The van der Waals surface area contributed by atoms with Crippen LogP contribution in [0.3, 0.4) is 0 Å². The van der Waals surface area contributed by atoms with Crippen LogP contribution < -0.4 is 5.48 Å². The highest BCUT2D eigenvalue weighted by Gasteiger charge is 2.10. The van der Waals surface area contributed by atoms with Gasteiger partial charge in [0, 0.05) is 12.7 Å². The van der Waals surface area contributed by atoms with E-state index in [0.717, 1.165) is 5.56 Å². The summed E-state index contributed by atoms with van der Waals surface area (Å²) in [6.07, 6.45) is 1.87. The number of hydrogen-bond acceptors (Lipinski definition) is 2. The largest absolute Gasteiger partial charge is 0.339 e. The zero-order chi connectivity index (χ0) is 12.1. The second-order valence-corrected chi connectivity index (χ2v) is 3.64. The van der Waals surface area contributed by atoms with E-state index in [1.54, 1.807) is 6.07 Å². The Morgan fingerprint density at radius 2 is 2.00 bits per heavy atom. The maximum Gasteiger partial charge on any atom is 0.291 e. The molecule has 88 valence electrons. The van der Waals surface area contributed by atoms with Crippen LogP contribution >= 0.6 is 0 Å². The van der Waals surface area contributed by atoms with Crippen LogP contribution in [-0.4, -0.2) is 17.6 Å². The first-order valence-electron chi connectivity index (χ1n) is 5.33. The molecule has 0 atom stereocenters. The van der Waals surface area contributed by atoms with Crippen LogP contribution in [0.5, 0.6) is 0 Å². The van der Waals surface area contributed by atoms with Crippen molar-refractivity contribution in [2.75, 3.05) is 7.11 Å². The Hall–Kier alpha value is -2.07. The van der Waals surface area contributed by atoms with Crippen molar-refractivity contribution in [3.63, 3.8) is 0 Å². The summed E-state index contributed by atoms with van der Waals surface area (Å²) in [7, 11) is 1.42.